The van der Waals surface area contributed by atoms with Crippen molar-refractivity contribution < 1.29 is 9.59 Å². The van der Waals surface area contributed by atoms with Crippen molar-refractivity contribution in [2.45, 2.75) is 64.6 Å². The maximum absolute atomic E-state index is 13.0. The van der Waals surface area contributed by atoms with Crippen molar-refractivity contribution in [2.24, 2.45) is 0 Å². The third-order valence-corrected chi connectivity index (χ3v) is 4.84. The summed E-state index contributed by atoms with van der Waals surface area (Å²) in [5, 5.41) is 2.91. The van der Waals surface area contributed by atoms with Gasteiger partial charge < -0.3 is 10.2 Å². The van der Waals surface area contributed by atoms with Gasteiger partial charge in [0.15, 0.2) is 0 Å². The molecule has 1 aliphatic heterocycles. The standard InChI is InChI=1S/C20H26N2O2/c1-14(2)21-19(23)12-17-16-10-6-7-11-18(16)22(20(17)24)13-15-8-4-3-5-9-15/h3-5,8-9,14,18H,6-7,10-13H2,1-2H3,(H,21,23). The lowest BCUT2D eigenvalue weighted by Gasteiger charge is -2.30. The Morgan fingerprint density at radius 3 is 2.71 bits per heavy atom. The van der Waals surface area contributed by atoms with Crippen LogP contribution < -0.4 is 5.32 Å². The summed E-state index contributed by atoms with van der Waals surface area (Å²) in [7, 11) is 0. The molecule has 1 fully saturated rings. The largest absolute Gasteiger partial charge is 0.354 e. The number of nitrogens with zero attached hydrogens (tertiary/aromatic N) is 1. The van der Waals surface area contributed by atoms with Gasteiger partial charge in [-0.15, -0.1) is 0 Å². The minimum atomic E-state index is -0.0493. The Morgan fingerprint density at radius 1 is 1.25 bits per heavy atom. The van der Waals surface area contributed by atoms with E-state index in [0.29, 0.717) is 6.54 Å². The van der Waals surface area contributed by atoms with E-state index in [9.17, 15) is 9.59 Å². The summed E-state index contributed by atoms with van der Waals surface area (Å²) in [5.41, 5.74) is 3.10. The summed E-state index contributed by atoms with van der Waals surface area (Å²) in [6.07, 6.45) is 4.45. The van der Waals surface area contributed by atoms with Crippen LogP contribution in [0, 0.1) is 0 Å². The van der Waals surface area contributed by atoms with Crippen molar-refractivity contribution in [1.82, 2.24) is 10.2 Å². The van der Waals surface area contributed by atoms with E-state index in [4.69, 9.17) is 0 Å². The van der Waals surface area contributed by atoms with Crippen molar-refractivity contribution in [3.05, 3.63) is 47.0 Å². The summed E-state index contributed by atoms with van der Waals surface area (Å²) in [6, 6.07) is 10.4. The quantitative estimate of drug-likeness (QED) is 0.903. The zero-order valence-corrected chi connectivity index (χ0v) is 14.5. The van der Waals surface area contributed by atoms with E-state index in [1.54, 1.807) is 0 Å². The first kappa shape index (κ1) is 16.7. The third kappa shape index (κ3) is 3.53. The first-order chi connectivity index (χ1) is 11.6. The van der Waals surface area contributed by atoms with Crippen LogP contribution in [0.4, 0.5) is 0 Å². The van der Waals surface area contributed by atoms with Gasteiger partial charge in [0.1, 0.15) is 0 Å². The number of nitrogens with one attached hydrogen (secondary N) is 1. The summed E-state index contributed by atoms with van der Waals surface area (Å²) in [4.78, 5) is 27.1. The molecule has 2 aliphatic rings. The molecule has 0 saturated heterocycles. The lowest BCUT2D eigenvalue weighted by atomic mass is 9.88. The molecule has 4 heteroatoms. The Bertz CT molecular complexity index is 649. The first-order valence-corrected chi connectivity index (χ1v) is 8.92. The Kier molecular flexibility index (Phi) is 5.03. The molecule has 1 heterocycles. The van der Waals surface area contributed by atoms with Crippen LogP contribution >= 0.6 is 0 Å². The highest BCUT2D eigenvalue weighted by Crippen LogP contribution is 2.38. The average molecular weight is 326 g/mol. The van der Waals surface area contributed by atoms with Gasteiger partial charge >= 0.3 is 0 Å². The molecular weight excluding hydrogens is 300 g/mol. The number of amides is 2. The van der Waals surface area contributed by atoms with Crippen LogP contribution in [0.1, 0.15) is 51.5 Å². The van der Waals surface area contributed by atoms with Crippen LogP contribution in [-0.2, 0) is 16.1 Å². The van der Waals surface area contributed by atoms with Gasteiger partial charge in [0.2, 0.25) is 5.91 Å². The van der Waals surface area contributed by atoms with E-state index in [2.05, 4.69) is 17.4 Å². The predicted molar refractivity (Wildman–Crippen MR) is 94.2 cm³/mol. The molecule has 1 aromatic rings. The molecule has 1 unspecified atom stereocenters. The van der Waals surface area contributed by atoms with Crippen molar-refractivity contribution in [3.63, 3.8) is 0 Å². The van der Waals surface area contributed by atoms with Crippen LogP contribution in [0.15, 0.2) is 41.5 Å². The molecule has 128 valence electrons. The van der Waals surface area contributed by atoms with Crippen molar-refractivity contribution in [3.8, 4) is 0 Å². The average Bonchev–Trinajstić information content (AvgIpc) is 2.81. The van der Waals surface area contributed by atoms with E-state index >= 15 is 0 Å². The van der Waals surface area contributed by atoms with Gasteiger partial charge in [-0.3, -0.25) is 9.59 Å². The van der Waals surface area contributed by atoms with E-state index in [-0.39, 0.29) is 30.3 Å². The molecule has 0 radical (unpaired) electrons. The number of carbonyl (C=O) groups excluding carboxylic acids is 2. The second-order valence-electron chi connectivity index (χ2n) is 7.08. The number of rotatable bonds is 5. The Hall–Kier alpha value is -2.10. The number of hydrogen-bond acceptors (Lipinski definition) is 2. The Morgan fingerprint density at radius 2 is 2.00 bits per heavy atom. The fourth-order valence-corrected chi connectivity index (χ4v) is 3.83. The normalized spacial score (nSPS) is 20.5. The van der Waals surface area contributed by atoms with E-state index in [0.717, 1.165) is 36.8 Å². The van der Waals surface area contributed by atoms with Gasteiger partial charge in [-0.1, -0.05) is 36.8 Å². The summed E-state index contributed by atoms with van der Waals surface area (Å²) < 4.78 is 0. The van der Waals surface area contributed by atoms with Gasteiger partial charge in [0.05, 0.1) is 12.5 Å². The molecule has 2 amide bonds. The topological polar surface area (TPSA) is 49.4 Å². The van der Waals surface area contributed by atoms with Crippen LogP contribution in [0.3, 0.4) is 0 Å². The van der Waals surface area contributed by atoms with E-state index in [1.807, 2.05) is 36.9 Å². The van der Waals surface area contributed by atoms with E-state index in [1.165, 1.54) is 5.57 Å². The molecule has 0 bridgehead atoms. The van der Waals surface area contributed by atoms with Crippen molar-refractivity contribution in [2.75, 3.05) is 0 Å². The van der Waals surface area contributed by atoms with Crippen LogP contribution in [-0.4, -0.2) is 28.8 Å². The highest BCUT2D eigenvalue weighted by Gasteiger charge is 2.40. The smallest absolute Gasteiger partial charge is 0.251 e. The Labute approximate surface area is 143 Å². The van der Waals surface area contributed by atoms with Crippen LogP contribution in [0.5, 0.6) is 0 Å². The summed E-state index contributed by atoms with van der Waals surface area (Å²) >= 11 is 0. The highest BCUT2D eigenvalue weighted by atomic mass is 16.2. The molecule has 1 N–H and O–H groups in total. The SMILES string of the molecule is CC(C)NC(=O)CC1=C2CCCCC2N(Cc2ccccc2)C1=O. The van der Waals surface area contributed by atoms with Crippen LogP contribution in [0.2, 0.25) is 0 Å². The second-order valence-corrected chi connectivity index (χ2v) is 7.08. The fourth-order valence-electron chi connectivity index (χ4n) is 3.83. The molecule has 1 aromatic carbocycles. The molecule has 0 spiro atoms. The number of carbonyl (C=O) groups is 2. The molecule has 1 aliphatic carbocycles. The predicted octanol–water partition coefficient (Wildman–Crippen LogP) is 3.18. The van der Waals surface area contributed by atoms with Crippen LogP contribution in [0.25, 0.3) is 0 Å². The fraction of sp³-hybridized carbons (Fsp3) is 0.500. The number of benzene rings is 1. The number of hydrogen-bond donors (Lipinski definition) is 1. The Balaban J connectivity index is 1.80. The van der Waals surface area contributed by atoms with Gasteiger partial charge in [-0.25, -0.2) is 0 Å². The second kappa shape index (κ2) is 7.20. The first-order valence-electron chi connectivity index (χ1n) is 8.92. The van der Waals surface area contributed by atoms with Gasteiger partial charge in [0.25, 0.3) is 5.91 Å². The minimum Gasteiger partial charge on any atom is -0.354 e. The highest BCUT2D eigenvalue weighted by molar-refractivity contribution is 6.02. The lowest BCUT2D eigenvalue weighted by Crippen LogP contribution is -2.36. The van der Waals surface area contributed by atoms with Gasteiger partial charge in [-0.2, -0.15) is 0 Å². The van der Waals surface area contributed by atoms with Gasteiger partial charge in [-0.05, 0) is 44.2 Å². The lowest BCUT2D eigenvalue weighted by molar-refractivity contribution is -0.129. The zero-order chi connectivity index (χ0) is 17.1. The third-order valence-electron chi connectivity index (χ3n) is 4.84. The summed E-state index contributed by atoms with van der Waals surface area (Å²) in [5.74, 6) is 0.00592. The number of fused-ring (bicyclic) bond motifs is 1. The minimum absolute atomic E-state index is 0.0493. The monoisotopic (exact) mass is 326 g/mol. The van der Waals surface area contributed by atoms with Crippen molar-refractivity contribution >= 4 is 11.8 Å². The molecule has 1 saturated carbocycles. The summed E-state index contributed by atoms with van der Waals surface area (Å²) in [6.45, 7) is 4.51. The van der Waals surface area contributed by atoms with Crippen molar-refractivity contribution in [1.29, 1.82) is 0 Å². The maximum atomic E-state index is 13.0. The van der Waals surface area contributed by atoms with E-state index < -0.39 is 0 Å². The molecule has 4 nitrogen and oxygen atoms in total. The maximum Gasteiger partial charge on any atom is 0.251 e. The molecule has 0 aromatic heterocycles. The van der Waals surface area contributed by atoms with Gasteiger partial charge in [0, 0.05) is 18.2 Å². The molecular formula is C20H26N2O2. The molecule has 3 rings (SSSR count). The zero-order valence-electron chi connectivity index (χ0n) is 14.5. The molecule has 24 heavy (non-hydrogen) atoms. The molecule has 1 atom stereocenters.